The highest BCUT2D eigenvalue weighted by atomic mass is 32.2. The Labute approximate surface area is 250 Å². The van der Waals surface area contributed by atoms with Crippen molar-refractivity contribution < 1.29 is 22.4 Å². The highest BCUT2D eigenvalue weighted by Gasteiger charge is 2.30. The van der Waals surface area contributed by atoms with Crippen LogP contribution < -0.4 is 11.3 Å². The van der Waals surface area contributed by atoms with Crippen LogP contribution >= 0.6 is 11.8 Å². The minimum atomic E-state index is -4.39. The molecule has 4 aromatic rings. The number of benzene rings is 3. The number of carbonyl (C=O) groups is 1. The minimum absolute atomic E-state index is 0.00893. The zero-order chi connectivity index (χ0) is 30.6. The van der Waals surface area contributed by atoms with Gasteiger partial charge in [-0.05, 0) is 65.8 Å². The van der Waals surface area contributed by atoms with E-state index in [1.807, 2.05) is 28.8 Å². The molecule has 3 aromatic carbocycles. The van der Waals surface area contributed by atoms with Crippen LogP contribution in [-0.2, 0) is 42.7 Å². The highest BCUT2D eigenvalue weighted by Crippen LogP contribution is 2.31. The Hall–Kier alpha value is -3.96. The summed E-state index contributed by atoms with van der Waals surface area (Å²) in [5.74, 6) is -0.0566. The molecular weight excluding hydrogens is 580 g/mol. The molecule has 0 spiro atoms. The molecule has 0 aliphatic heterocycles. The second-order valence-corrected chi connectivity index (χ2v) is 11.3. The third-order valence-corrected chi connectivity index (χ3v) is 8.45. The Bertz CT molecular complexity index is 1640. The third kappa shape index (κ3) is 7.34. The summed E-state index contributed by atoms with van der Waals surface area (Å²) >= 11 is 1.33. The minimum Gasteiger partial charge on any atom is -0.336 e. The van der Waals surface area contributed by atoms with E-state index >= 15 is 0 Å². The van der Waals surface area contributed by atoms with E-state index in [0.717, 1.165) is 40.9 Å². The van der Waals surface area contributed by atoms with E-state index in [9.17, 15) is 27.2 Å². The number of thioether (sulfide) groups is 1. The average molecular weight is 611 g/mol. The summed E-state index contributed by atoms with van der Waals surface area (Å²) in [6, 6.07) is 18.4. The topological polar surface area (TPSA) is 81.2 Å². The molecule has 43 heavy (non-hydrogen) atoms. The Morgan fingerprint density at radius 1 is 0.930 bits per heavy atom. The van der Waals surface area contributed by atoms with Gasteiger partial charge < -0.3 is 15.2 Å². The van der Waals surface area contributed by atoms with Gasteiger partial charge in [0.1, 0.15) is 12.4 Å². The van der Waals surface area contributed by atoms with Crippen molar-refractivity contribution in [3.8, 4) is 11.1 Å². The molecule has 0 fully saturated rings. The Kier molecular flexibility index (Phi) is 9.31. The molecule has 1 amide bonds. The lowest BCUT2D eigenvalue weighted by molar-refractivity contribution is -0.137. The Balaban J connectivity index is 1.33. The van der Waals surface area contributed by atoms with Crippen LogP contribution in [0.5, 0.6) is 0 Å². The smallest absolute Gasteiger partial charge is 0.336 e. The van der Waals surface area contributed by atoms with Gasteiger partial charge in [0.25, 0.3) is 5.56 Å². The number of carbonyl (C=O) groups excluding carboxylic acids is 1. The fourth-order valence-electron chi connectivity index (χ4n) is 5.15. The maximum Gasteiger partial charge on any atom is 0.416 e. The van der Waals surface area contributed by atoms with Crippen LogP contribution in [0.4, 0.5) is 17.6 Å². The number of nitrogens with two attached hydrogens (primary N) is 1. The summed E-state index contributed by atoms with van der Waals surface area (Å²) in [6.07, 6.45) is -2.29. The van der Waals surface area contributed by atoms with Crippen LogP contribution in [-0.4, -0.2) is 33.4 Å². The second kappa shape index (κ2) is 13.1. The van der Waals surface area contributed by atoms with Crippen molar-refractivity contribution >= 4 is 17.7 Å². The fourth-order valence-corrected chi connectivity index (χ4v) is 6.11. The molecule has 0 bridgehead atoms. The molecule has 0 unspecified atom stereocenters. The summed E-state index contributed by atoms with van der Waals surface area (Å²) in [5, 5.41) is 0.442. The summed E-state index contributed by atoms with van der Waals surface area (Å²) in [7, 11) is 0. The summed E-state index contributed by atoms with van der Waals surface area (Å²) in [6.45, 7) is 0.845. The normalized spacial score (nSPS) is 12.8. The first-order valence-electron chi connectivity index (χ1n) is 13.9. The van der Waals surface area contributed by atoms with Crippen LogP contribution in [0, 0.1) is 5.82 Å². The lowest BCUT2D eigenvalue weighted by atomic mass is 10.0. The molecule has 1 aromatic heterocycles. The van der Waals surface area contributed by atoms with Gasteiger partial charge in [-0.2, -0.15) is 18.2 Å². The zero-order valence-electron chi connectivity index (χ0n) is 23.2. The number of alkyl halides is 3. The number of nitrogens with zero attached hydrogens (tertiary/aromatic N) is 3. The van der Waals surface area contributed by atoms with Gasteiger partial charge in [-0.25, -0.2) is 4.39 Å². The van der Waals surface area contributed by atoms with E-state index < -0.39 is 11.7 Å². The number of rotatable bonds is 10. The number of halogens is 4. The monoisotopic (exact) mass is 610 g/mol. The van der Waals surface area contributed by atoms with Crippen molar-refractivity contribution in [2.45, 2.75) is 49.4 Å². The lowest BCUT2D eigenvalue weighted by Gasteiger charge is -2.25. The van der Waals surface area contributed by atoms with Gasteiger partial charge in [0.15, 0.2) is 5.16 Å². The first-order chi connectivity index (χ1) is 20.6. The quantitative estimate of drug-likeness (QED) is 0.139. The molecule has 1 heterocycles. The SMILES string of the molecule is NCCN(Cc1ccc(-c2ccc(C(F)(F)F)cc2)cc1)C(=O)Cn1c(SCc2ccc(F)cc2)nc(=O)c2c1CCC2. The van der Waals surface area contributed by atoms with Crippen molar-refractivity contribution in [2.24, 2.45) is 5.73 Å². The average Bonchev–Trinajstić information content (AvgIpc) is 3.49. The van der Waals surface area contributed by atoms with Gasteiger partial charge in [-0.3, -0.25) is 9.59 Å². The van der Waals surface area contributed by atoms with Crippen molar-refractivity contribution in [1.82, 2.24) is 14.5 Å². The largest absolute Gasteiger partial charge is 0.416 e. The van der Waals surface area contributed by atoms with Gasteiger partial charge in [-0.1, -0.05) is 60.3 Å². The molecular formula is C32H30F4N4O2S. The number of hydrogen-bond acceptors (Lipinski definition) is 5. The van der Waals surface area contributed by atoms with Crippen LogP contribution in [0.15, 0.2) is 82.7 Å². The first kappa shape index (κ1) is 30.5. The van der Waals surface area contributed by atoms with Crippen LogP contribution in [0.1, 0.15) is 34.4 Å². The highest BCUT2D eigenvalue weighted by molar-refractivity contribution is 7.98. The Morgan fingerprint density at radius 3 is 2.19 bits per heavy atom. The lowest BCUT2D eigenvalue weighted by Crippen LogP contribution is -2.38. The predicted octanol–water partition coefficient (Wildman–Crippen LogP) is 5.84. The van der Waals surface area contributed by atoms with Gasteiger partial charge >= 0.3 is 6.18 Å². The molecule has 11 heteroatoms. The Morgan fingerprint density at radius 2 is 1.56 bits per heavy atom. The van der Waals surface area contributed by atoms with Gasteiger partial charge in [-0.15, -0.1) is 0 Å². The molecule has 1 aliphatic carbocycles. The molecule has 2 N–H and O–H groups in total. The van der Waals surface area contributed by atoms with Crippen molar-refractivity contribution in [3.05, 3.63) is 117 Å². The molecule has 6 nitrogen and oxygen atoms in total. The van der Waals surface area contributed by atoms with E-state index in [2.05, 4.69) is 4.98 Å². The van der Waals surface area contributed by atoms with Crippen LogP contribution in [0.25, 0.3) is 11.1 Å². The predicted molar refractivity (Wildman–Crippen MR) is 158 cm³/mol. The fraction of sp³-hybridized carbons (Fsp3) is 0.281. The molecule has 0 atom stereocenters. The molecule has 0 radical (unpaired) electrons. The van der Waals surface area contributed by atoms with E-state index in [4.69, 9.17) is 5.73 Å². The van der Waals surface area contributed by atoms with Crippen molar-refractivity contribution in [2.75, 3.05) is 13.1 Å². The summed E-state index contributed by atoms with van der Waals surface area (Å²) < 4.78 is 53.9. The van der Waals surface area contributed by atoms with Crippen molar-refractivity contribution in [3.63, 3.8) is 0 Å². The molecule has 0 saturated heterocycles. The summed E-state index contributed by atoms with van der Waals surface area (Å²) in [4.78, 5) is 32.4. The summed E-state index contributed by atoms with van der Waals surface area (Å²) in [5.41, 5.74) is 9.45. The molecule has 5 rings (SSSR count). The maximum atomic E-state index is 13.7. The van der Waals surface area contributed by atoms with E-state index in [0.29, 0.717) is 41.4 Å². The third-order valence-electron chi connectivity index (χ3n) is 7.40. The van der Waals surface area contributed by atoms with E-state index in [1.54, 1.807) is 17.0 Å². The number of hydrogen-bond donors (Lipinski definition) is 1. The van der Waals surface area contributed by atoms with Gasteiger partial charge in [0, 0.05) is 36.6 Å². The van der Waals surface area contributed by atoms with Crippen LogP contribution in [0.2, 0.25) is 0 Å². The number of fused-ring (bicyclic) bond motifs is 1. The van der Waals surface area contributed by atoms with Crippen molar-refractivity contribution in [1.29, 1.82) is 0 Å². The van der Waals surface area contributed by atoms with Gasteiger partial charge in [0.05, 0.1) is 5.56 Å². The molecule has 1 aliphatic rings. The van der Waals surface area contributed by atoms with E-state index in [-0.39, 0.29) is 36.9 Å². The maximum absolute atomic E-state index is 13.7. The first-order valence-corrected chi connectivity index (χ1v) is 14.8. The number of amides is 1. The molecule has 224 valence electrons. The molecule has 0 saturated carbocycles. The van der Waals surface area contributed by atoms with Crippen LogP contribution in [0.3, 0.4) is 0 Å². The standard InChI is InChI=1S/C32H30F4N4O2S/c33-26-14-6-22(7-15-26)20-43-31-38-30(42)27-2-1-3-28(27)40(31)19-29(41)39(17-16-37)18-21-4-8-23(9-5-21)24-10-12-25(13-11-24)32(34,35)36/h4-15H,1-3,16-20,37H2. The number of aromatic nitrogens is 2. The van der Waals surface area contributed by atoms with E-state index in [1.165, 1.54) is 36.0 Å². The second-order valence-electron chi connectivity index (χ2n) is 10.4. The zero-order valence-corrected chi connectivity index (χ0v) is 24.1. The van der Waals surface area contributed by atoms with Gasteiger partial charge in [0.2, 0.25) is 5.91 Å².